The van der Waals surface area contributed by atoms with Gasteiger partial charge < -0.3 is 4.74 Å². The average molecular weight is 184 g/mol. The number of hydrogen-bond acceptors (Lipinski definition) is 4. The molecule has 1 unspecified atom stereocenters. The smallest absolute Gasteiger partial charge is 0.354 e. The van der Waals surface area contributed by atoms with Crippen molar-refractivity contribution < 1.29 is 14.3 Å². The second-order valence-corrected chi connectivity index (χ2v) is 3.01. The molecule has 0 saturated heterocycles. The highest BCUT2D eigenvalue weighted by atomic mass is 16.5. The normalized spacial score (nSPS) is 22.7. The summed E-state index contributed by atoms with van der Waals surface area (Å²) in [5, 5.41) is 4.99. The van der Waals surface area contributed by atoms with Crippen LogP contribution in [0.1, 0.15) is 13.3 Å². The van der Waals surface area contributed by atoms with Gasteiger partial charge in [-0.2, -0.15) is 5.10 Å². The largest absolute Gasteiger partial charge is 0.464 e. The Kier molecular flexibility index (Phi) is 2.65. The molecule has 72 valence electrons. The maximum Gasteiger partial charge on any atom is 0.354 e. The molecule has 0 radical (unpaired) electrons. The molecule has 5 heteroatoms. The van der Waals surface area contributed by atoms with Crippen molar-refractivity contribution in [3.63, 3.8) is 0 Å². The molecule has 0 bridgehead atoms. The molecule has 1 atom stereocenters. The molecule has 1 amide bonds. The van der Waals surface area contributed by atoms with E-state index in [1.165, 1.54) is 19.2 Å². The molecule has 0 N–H and O–H groups in total. The maximum atomic E-state index is 11.2. The zero-order valence-corrected chi connectivity index (χ0v) is 7.90. The Morgan fingerprint density at radius 2 is 2.31 bits per heavy atom. The van der Waals surface area contributed by atoms with Crippen molar-refractivity contribution in [1.82, 2.24) is 5.01 Å². The van der Waals surface area contributed by atoms with Crippen LogP contribution in [0.15, 0.2) is 5.10 Å². The minimum Gasteiger partial charge on any atom is -0.464 e. The summed E-state index contributed by atoms with van der Waals surface area (Å²) in [4.78, 5) is 22.3. The van der Waals surface area contributed by atoms with Gasteiger partial charge in [-0.05, 0) is 0 Å². The Bertz CT molecular complexity index is 273. The monoisotopic (exact) mass is 184 g/mol. The van der Waals surface area contributed by atoms with E-state index in [0.717, 1.165) is 0 Å². The van der Waals surface area contributed by atoms with Gasteiger partial charge in [0.15, 0.2) is 0 Å². The van der Waals surface area contributed by atoms with Crippen LogP contribution in [0.3, 0.4) is 0 Å². The second-order valence-electron chi connectivity index (χ2n) is 3.01. The number of ether oxygens (including phenoxy) is 1. The van der Waals surface area contributed by atoms with Crippen LogP contribution in [0.4, 0.5) is 0 Å². The lowest BCUT2D eigenvalue weighted by Crippen LogP contribution is -2.37. The van der Waals surface area contributed by atoms with Gasteiger partial charge in [-0.3, -0.25) is 4.79 Å². The minimum absolute atomic E-state index is 0.0762. The lowest BCUT2D eigenvalue weighted by atomic mass is 10.0. The Morgan fingerprint density at radius 3 is 2.77 bits per heavy atom. The van der Waals surface area contributed by atoms with Gasteiger partial charge in [0.25, 0.3) is 0 Å². The molecule has 0 spiro atoms. The first-order valence-electron chi connectivity index (χ1n) is 3.99. The van der Waals surface area contributed by atoms with Crippen molar-refractivity contribution in [1.29, 1.82) is 0 Å². The third-order valence-electron chi connectivity index (χ3n) is 1.93. The molecular weight excluding hydrogens is 172 g/mol. The summed E-state index contributed by atoms with van der Waals surface area (Å²) < 4.78 is 4.51. The molecule has 0 aromatic carbocycles. The molecule has 0 fully saturated rings. The van der Waals surface area contributed by atoms with Gasteiger partial charge in [-0.25, -0.2) is 9.80 Å². The summed E-state index contributed by atoms with van der Waals surface area (Å²) in [7, 11) is 2.83. The van der Waals surface area contributed by atoms with E-state index in [2.05, 4.69) is 9.84 Å². The highest BCUT2D eigenvalue weighted by molar-refractivity contribution is 6.37. The first-order chi connectivity index (χ1) is 6.06. The quantitative estimate of drug-likeness (QED) is 0.539. The summed E-state index contributed by atoms with van der Waals surface area (Å²) in [5.41, 5.74) is 0.303. The number of carbonyl (C=O) groups excluding carboxylic acids is 2. The zero-order chi connectivity index (χ0) is 10.0. The van der Waals surface area contributed by atoms with E-state index < -0.39 is 5.97 Å². The number of methoxy groups -OCH3 is 1. The average Bonchev–Trinajstić information content (AvgIpc) is 2.12. The van der Waals surface area contributed by atoms with Crippen molar-refractivity contribution >= 4 is 17.6 Å². The lowest BCUT2D eigenvalue weighted by molar-refractivity contribution is -0.136. The third-order valence-corrected chi connectivity index (χ3v) is 1.93. The van der Waals surface area contributed by atoms with Gasteiger partial charge in [-0.1, -0.05) is 6.92 Å². The van der Waals surface area contributed by atoms with Gasteiger partial charge in [0.2, 0.25) is 5.91 Å². The predicted molar refractivity (Wildman–Crippen MR) is 46.0 cm³/mol. The minimum atomic E-state index is -0.466. The van der Waals surface area contributed by atoms with E-state index in [9.17, 15) is 9.59 Å². The summed E-state index contributed by atoms with van der Waals surface area (Å²) in [5.74, 6) is -0.740. The van der Waals surface area contributed by atoms with Gasteiger partial charge in [0, 0.05) is 19.4 Å². The summed E-state index contributed by atoms with van der Waals surface area (Å²) in [6.45, 7) is 1.76. The maximum absolute atomic E-state index is 11.2. The van der Waals surface area contributed by atoms with Crippen LogP contribution >= 0.6 is 0 Å². The fraction of sp³-hybridized carbons (Fsp3) is 0.625. The Balaban J connectivity index is 2.84. The van der Waals surface area contributed by atoms with E-state index in [0.29, 0.717) is 12.1 Å². The summed E-state index contributed by atoms with van der Waals surface area (Å²) >= 11 is 0. The van der Waals surface area contributed by atoms with Crippen LogP contribution in [0.25, 0.3) is 0 Å². The van der Waals surface area contributed by atoms with E-state index in [1.54, 1.807) is 6.92 Å². The van der Waals surface area contributed by atoms with Crippen LogP contribution in [0, 0.1) is 5.92 Å². The first-order valence-corrected chi connectivity index (χ1v) is 3.99. The molecule has 1 aliphatic rings. The molecule has 1 aliphatic heterocycles. The molecule has 0 saturated carbocycles. The SMILES string of the molecule is COC(=O)C1=NN(C)C(=O)C(C)C1. The third kappa shape index (κ3) is 1.85. The molecule has 0 aromatic rings. The van der Waals surface area contributed by atoms with Crippen molar-refractivity contribution in [2.75, 3.05) is 14.2 Å². The fourth-order valence-corrected chi connectivity index (χ4v) is 1.21. The number of esters is 1. The molecule has 1 rings (SSSR count). The lowest BCUT2D eigenvalue weighted by Gasteiger charge is -2.22. The molecular formula is C8H12N2O3. The topological polar surface area (TPSA) is 59.0 Å². The van der Waals surface area contributed by atoms with E-state index in [-0.39, 0.29) is 11.8 Å². The molecule has 0 aliphatic carbocycles. The van der Waals surface area contributed by atoms with Gasteiger partial charge in [0.1, 0.15) is 5.71 Å². The Labute approximate surface area is 76.3 Å². The predicted octanol–water partition coefficient (Wildman–Crippen LogP) is 0.0136. The first kappa shape index (κ1) is 9.70. The van der Waals surface area contributed by atoms with Crippen molar-refractivity contribution in [2.45, 2.75) is 13.3 Å². The van der Waals surface area contributed by atoms with Gasteiger partial charge in [-0.15, -0.1) is 0 Å². The van der Waals surface area contributed by atoms with Crippen LogP contribution in [0.5, 0.6) is 0 Å². The number of nitrogens with zero attached hydrogens (tertiary/aromatic N) is 2. The Hall–Kier alpha value is -1.39. The number of carbonyl (C=O) groups is 2. The molecule has 0 aromatic heterocycles. The van der Waals surface area contributed by atoms with E-state index >= 15 is 0 Å². The van der Waals surface area contributed by atoms with Gasteiger partial charge >= 0.3 is 5.97 Å². The molecule has 1 heterocycles. The van der Waals surface area contributed by atoms with Crippen molar-refractivity contribution in [3.8, 4) is 0 Å². The van der Waals surface area contributed by atoms with Crippen LogP contribution in [-0.2, 0) is 14.3 Å². The second kappa shape index (κ2) is 3.55. The van der Waals surface area contributed by atoms with Crippen LogP contribution in [0.2, 0.25) is 0 Å². The molecule has 5 nitrogen and oxygen atoms in total. The van der Waals surface area contributed by atoms with Crippen LogP contribution < -0.4 is 0 Å². The molecule has 13 heavy (non-hydrogen) atoms. The van der Waals surface area contributed by atoms with Crippen molar-refractivity contribution in [3.05, 3.63) is 0 Å². The number of amides is 1. The van der Waals surface area contributed by atoms with Crippen LogP contribution in [-0.4, -0.2) is 36.8 Å². The Morgan fingerprint density at radius 1 is 1.69 bits per heavy atom. The zero-order valence-electron chi connectivity index (χ0n) is 7.90. The standard InChI is InChI=1S/C8H12N2O3/c1-5-4-6(8(12)13-3)9-10(2)7(5)11/h5H,4H2,1-3H3. The van der Waals surface area contributed by atoms with E-state index in [1.807, 2.05) is 0 Å². The fourth-order valence-electron chi connectivity index (χ4n) is 1.21. The number of hydrazone groups is 1. The summed E-state index contributed by atoms with van der Waals surface area (Å²) in [6.07, 6.45) is 0.357. The van der Waals surface area contributed by atoms with Crippen molar-refractivity contribution in [2.24, 2.45) is 11.0 Å². The summed E-state index contributed by atoms with van der Waals surface area (Å²) in [6, 6.07) is 0. The van der Waals surface area contributed by atoms with Gasteiger partial charge in [0.05, 0.1) is 7.11 Å². The highest BCUT2D eigenvalue weighted by Crippen LogP contribution is 2.14. The number of hydrogen-bond donors (Lipinski definition) is 0. The highest BCUT2D eigenvalue weighted by Gasteiger charge is 2.28. The number of rotatable bonds is 1. The van der Waals surface area contributed by atoms with E-state index in [4.69, 9.17) is 0 Å².